The Balaban J connectivity index is 2.01. The molecule has 0 aliphatic carbocycles. The molecule has 1 aliphatic heterocycles. The number of aromatic nitrogens is 2. The first kappa shape index (κ1) is 14.2. The minimum absolute atomic E-state index is 0.207. The number of aliphatic hydroxyl groups excluding tert-OH is 1. The second-order valence-corrected chi connectivity index (χ2v) is 6.35. The summed E-state index contributed by atoms with van der Waals surface area (Å²) in [5, 5.41) is 19.2. The first-order valence-corrected chi connectivity index (χ1v) is 7.76. The minimum Gasteiger partial charge on any atom is -0.477 e. The van der Waals surface area contributed by atoms with Crippen molar-refractivity contribution in [1.82, 2.24) is 9.97 Å². The Hall–Kier alpha value is -1.73. The van der Waals surface area contributed by atoms with Gasteiger partial charge in [-0.25, -0.2) is 14.8 Å². The van der Waals surface area contributed by atoms with E-state index in [0.29, 0.717) is 10.8 Å². The summed E-state index contributed by atoms with van der Waals surface area (Å²) >= 11 is 1.20. The molecule has 1 atom stereocenters. The van der Waals surface area contributed by atoms with E-state index in [4.69, 9.17) is 5.11 Å². The van der Waals surface area contributed by atoms with E-state index in [1.807, 2.05) is 6.92 Å². The van der Waals surface area contributed by atoms with Gasteiger partial charge in [-0.3, -0.25) is 0 Å². The number of hydrogen-bond donors (Lipinski definition) is 2. The van der Waals surface area contributed by atoms with Crippen LogP contribution in [0.1, 0.15) is 28.1 Å². The molecule has 2 aromatic rings. The monoisotopic (exact) mass is 307 g/mol. The van der Waals surface area contributed by atoms with Crippen molar-refractivity contribution in [1.29, 1.82) is 0 Å². The molecule has 0 spiro atoms. The van der Waals surface area contributed by atoms with Crippen LogP contribution in [0.25, 0.3) is 10.2 Å². The van der Waals surface area contributed by atoms with E-state index in [0.717, 1.165) is 47.5 Å². The van der Waals surface area contributed by atoms with Crippen molar-refractivity contribution >= 4 is 33.3 Å². The van der Waals surface area contributed by atoms with Gasteiger partial charge in [-0.15, -0.1) is 11.3 Å². The Labute approximate surface area is 126 Å². The van der Waals surface area contributed by atoms with Crippen molar-refractivity contribution < 1.29 is 15.0 Å². The van der Waals surface area contributed by atoms with E-state index in [1.165, 1.54) is 17.7 Å². The minimum atomic E-state index is -0.916. The predicted molar refractivity (Wildman–Crippen MR) is 81.1 cm³/mol. The van der Waals surface area contributed by atoms with Crippen LogP contribution in [-0.2, 0) is 0 Å². The lowest BCUT2D eigenvalue weighted by Gasteiger charge is -2.18. The molecular formula is C14H17N3O3S. The summed E-state index contributed by atoms with van der Waals surface area (Å²) in [6.45, 7) is 3.76. The number of aliphatic hydroxyl groups is 1. The van der Waals surface area contributed by atoms with Crippen LogP contribution in [0.3, 0.4) is 0 Å². The number of aryl methyl sites for hydroxylation is 1. The number of hydrogen-bond acceptors (Lipinski definition) is 6. The molecule has 1 unspecified atom stereocenters. The highest BCUT2D eigenvalue weighted by Crippen LogP contribution is 2.36. The average Bonchev–Trinajstić information content (AvgIpc) is 3.04. The number of nitrogens with zero attached hydrogens (tertiary/aromatic N) is 3. The molecule has 1 fully saturated rings. The van der Waals surface area contributed by atoms with E-state index in [2.05, 4.69) is 14.9 Å². The third-order valence-corrected chi connectivity index (χ3v) is 5.21. The number of fused-ring (bicyclic) bond motifs is 1. The normalized spacial score (nSPS) is 18.6. The van der Waals surface area contributed by atoms with E-state index < -0.39 is 5.97 Å². The molecule has 7 heteroatoms. The van der Waals surface area contributed by atoms with Gasteiger partial charge in [0.05, 0.1) is 5.39 Å². The molecule has 3 rings (SSSR count). The highest BCUT2D eigenvalue weighted by atomic mass is 32.1. The fraction of sp³-hybridized carbons (Fsp3) is 0.500. The molecule has 3 heterocycles. The Morgan fingerprint density at radius 2 is 2.33 bits per heavy atom. The van der Waals surface area contributed by atoms with Crippen LogP contribution in [0.4, 0.5) is 5.82 Å². The van der Waals surface area contributed by atoms with Gasteiger partial charge in [0.1, 0.15) is 21.9 Å². The molecule has 0 bridgehead atoms. The number of rotatable bonds is 4. The van der Waals surface area contributed by atoms with Gasteiger partial charge < -0.3 is 15.1 Å². The molecule has 0 saturated carbocycles. The van der Waals surface area contributed by atoms with Crippen LogP contribution in [0.5, 0.6) is 0 Å². The van der Waals surface area contributed by atoms with Crippen molar-refractivity contribution in [3.8, 4) is 0 Å². The molecular weight excluding hydrogens is 290 g/mol. The maximum atomic E-state index is 11.3. The summed E-state index contributed by atoms with van der Waals surface area (Å²) in [5.74, 6) is 0.376. The Bertz CT molecular complexity index is 685. The Kier molecular flexibility index (Phi) is 3.77. The first-order valence-electron chi connectivity index (χ1n) is 6.95. The maximum absolute atomic E-state index is 11.3. The van der Waals surface area contributed by atoms with Crippen molar-refractivity contribution in [2.45, 2.75) is 19.8 Å². The van der Waals surface area contributed by atoms with Gasteiger partial charge in [0, 0.05) is 19.7 Å². The number of carboxylic acid groups (broad SMARTS) is 1. The zero-order chi connectivity index (χ0) is 15.0. The highest BCUT2D eigenvalue weighted by Gasteiger charge is 2.27. The smallest absolute Gasteiger partial charge is 0.346 e. The standard InChI is InChI=1S/C14H17N3O3S/c1-8-10-12(17-4-2-9(6-17)3-5-18)15-7-16-13(10)21-11(8)14(19)20/h7,9,18H,2-6H2,1H3,(H,19,20). The van der Waals surface area contributed by atoms with Crippen LogP contribution < -0.4 is 4.90 Å². The molecule has 1 aliphatic rings. The third-order valence-electron chi connectivity index (χ3n) is 4.02. The van der Waals surface area contributed by atoms with Crippen LogP contribution in [0.15, 0.2) is 6.33 Å². The van der Waals surface area contributed by atoms with Crippen LogP contribution in [-0.4, -0.2) is 45.8 Å². The molecule has 112 valence electrons. The van der Waals surface area contributed by atoms with Crippen LogP contribution in [0, 0.1) is 12.8 Å². The van der Waals surface area contributed by atoms with Crippen molar-refractivity contribution in [3.63, 3.8) is 0 Å². The predicted octanol–water partition coefficient (Wildman–Crippen LogP) is 1.91. The van der Waals surface area contributed by atoms with Crippen molar-refractivity contribution in [2.24, 2.45) is 5.92 Å². The molecule has 6 nitrogen and oxygen atoms in total. The summed E-state index contributed by atoms with van der Waals surface area (Å²) < 4.78 is 0. The summed E-state index contributed by atoms with van der Waals surface area (Å²) in [6, 6.07) is 0. The lowest BCUT2D eigenvalue weighted by atomic mass is 10.1. The summed E-state index contributed by atoms with van der Waals surface area (Å²) in [4.78, 5) is 23.1. The molecule has 21 heavy (non-hydrogen) atoms. The quantitative estimate of drug-likeness (QED) is 0.897. The molecule has 1 saturated heterocycles. The lowest BCUT2D eigenvalue weighted by Crippen LogP contribution is -2.21. The highest BCUT2D eigenvalue weighted by molar-refractivity contribution is 7.20. The molecule has 2 N–H and O–H groups in total. The number of aromatic carboxylic acids is 1. The Morgan fingerprint density at radius 3 is 3.05 bits per heavy atom. The second-order valence-electron chi connectivity index (χ2n) is 5.35. The second kappa shape index (κ2) is 5.57. The lowest BCUT2D eigenvalue weighted by molar-refractivity contribution is 0.0701. The Morgan fingerprint density at radius 1 is 1.52 bits per heavy atom. The fourth-order valence-electron chi connectivity index (χ4n) is 2.94. The molecule has 0 aromatic carbocycles. The van der Waals surface area contributed by atoms with Gasteiger partial charge in [-0.05, 0) is 31.2 Å². The number of carboxylic acids is 1. The van der Waals surface area contributed by atoms with Crippen molar-refractivity contribution in [2.75, 3.05) is 24.6 Å². The van der Waals surface area contributed by atoms with Crippen LogP contribution in [0.2, 0.25) is 0 Å². The van der Waals surface area contributed by atoms with E-state index >= 15 is 0 Å². The van der Waals surface area contributed by atoms with Gasteiger partial charge in [0.2, 0.25) is 0 Å². The zero-order valence-corrected chi connectivity index (χ0v) is 12.6. The number of anilines is 1. The molecule has 0 amide bonds. The van der Waals surface area contributed by atoms with Gasteiger partial charge in [-0.1, -0.05) is 0 Å². The largest absolute Gasteiger partial charge is 0.477 e. The number of thiophene rings is 1. The molecule has 2 aromatic heterocycles. The summed E-state index contributed by atoms with van der Waals surface area (Å²) in [7, 11) is 0. The average molecular weight is 307 g/mol. The zero-order valence-electron chi connectivity index (χ0n) is 11.7. The van der Waals surface area contributed by atoms with E-state index in [9.17, 15) is 9.90 Å². The third kappa shape index (κ3) is 2.47. The van der Waals surface area contributed by atoms with Crippen LogP contribution >= 0.6 is 11.3 Å². The fourth-order valence-corrected chi connectivity index (χ4v) is 3.92. The first-order chi connectivity index (χ1) is 10.1. The van der Waals surface area contributed by atoms with Crippen molar-refractivity contribution in [3.05, 3.63) is 16.8 Å². The SMILES string of the molecule is Cc1c(C(=O)O)sc2ncnc(N3CCC(CCO)C3)c12. The van der Waals surface area contributed by atoms with Gasteiger partial charge in [0.15, 0.2) is 0 Å². The van der Waals surface area contributed by atoms with E-state index in [1.54, 1.807) is 0 Å². The van der Waals surface area contributed by atoms with Gasteiger partial charge >= 0.3 is 5.97 Å². The number of carbonyl (C=O) groups is 1. The summed E-state index contributed by atoms with van der Waals surface area (Å²) in [5.41, 5.74) is 0.740. The maximum Gasteiger partial charge on any atom is 0.346 e. The topological polar surface area (TPSA) is 86.5 Å². The summed E-state index contributed by atoms with van der Waals surface area (Å²) in [6.07, 6.45) is 3.33. The van der Waals surface area contributed by atoms with Gasteiger partial charge in [0.25, 0.3) is 0 Å². The van der Waals surface area contributed by atoms with Gasteiger partial charge in [-0.2, -0.15) is 0 Å². The van der Waals surface area contributed by atoms with E-state index in [-0.39, 0.29) is 6.61 Å². The molecule has 0 radical (unpaired) electrons.